The van der Waals surface area contributed by atoms with Crippen molar-refractivity contribution in [1.29, 1.82) is 0 Å². The molecule has 0 heterocycles. The molecule has 1 amide bonds. The van der Waals surface area contributed by atoms with Crippen LogP contribution in [-0.4, -0.2) is 74.3 Å². The summed E-state index contributed by atoms with van der Waals surface area (Å²) in [4.78, 5) is 37.5. The van der Waals surface area contributed by atoms with E-state index in [9.17, 15) is 19.0 Å². The van der Waals surface area contributed by atoms with E-state index in [-0.39, 0.29) is 31.5 Å². The highest BCUT2D eigenvalue weighted by Crippen LogP contribution is 2.43. The molecule has 3 unspecified atom stereocenters. The molecule has 0 aromatic heterocycles. The molecule has 0 aliphatic rings. The summed E-state index contributed by atoms with van der Waals surface area (Å²) in [5, 5.41) is 3.03. The number of carbonyl (C=O) groups excluding carboxylic acids is 2. The first kappa shape index (κ1) is 66.7. The Morgan fingerprint density at radius 3 is 1.36 bits per heavy atom. The van der Waals surface area contributed by atoms with E-state index < -0.39 is 20.0 Å². The quantitative estimate of drug-likeness (QED) is 0.0205. The monoisotopic (exact) mass is 990 g/mol. The molecule has 0 fully saturated rings. The smallest absolute Gasteiger partial charge is 0.456 e. The van der Waals surface area contributed by atoms with Gasteiger partial charge in [-0.05, 0) is 76.7 Å². The highest BCUT2D eigenvalue weighted by atomic mass is 31.2. The third kappa shape index (κ3) is 50.4. The first-order chi connectivity index (χ1) is 33.4. The van der Waals surface area contributed by atoms with Crippen molar-refractivity contribution in [3.8, 4) is 0 Å². The van der Waals surface area contributed by atoms with Gasteiger partial charge in [0.2, 0.25) is 5.91 Å². The van der Waals surface area contributed by atoms with Crippen molar-refractivity contribution in [2.75, 3.05) is 40.9 Å². The zero-order valence-electron chi connectivity index (χ0n) is 45.8. The van der Waals surface area contributed by atoms with Gasteiger partial charge >= 0.3 is 13.8 Å². The maximum atomic E-state index is 13.5. The number of amides is 1. The van der Waals surface area contributed by atoms with E-state index in [4.69, 9.17) is 13.8 Å². The fourth-order valence-corrected chi connectivity index (χ4v) is 8.72. The lowest BCUT2D eigenvalue weighted by Gasteiger charge is -2.27. The van der Waals surface area contributed by atoms with Crippen molar-refractivity contribution < 1.29 is 37.3 Å². The van der Waals surface area contributed by atoms with Crippen LogP contribution in [0.15, 0.2) is 60.8 Å². The minimum Gasteiger partial charge on any atom is -0.456 e. The van der Waals surface area contributed by atoms with Gasteiger partial charge in [0.15, 0.2) is 0 Å². The minimum atomic E-state index is -4.45. The molecule has 0 rings (SSSR count). The highest BCUT2D eigenvalue weighted by Gasteiger charge is 2.30. The van der Waals surface area contributed by atoms with Gasteiger partial charge in [0, 0.05) is 12.8 Å². The number of rotatable bonds is 51. The number of likely N-dealkylation sites (N-methyl/N-ethyl adjacent to an activating group) is 1. The Labute approximate surface area is 426 Å². The number of hydrogen-bond acceptors (Lipinski definition) is 6. The molecular formula is C59H110N2O7P+. The molecule has 0 radical (unpaired) electrons. The predicted molar refractivity (Wildman–Crippen MR) is 295 cm³/mol. The van der Waals surface area contributed by atoms with Crippen LogP contribution in [0.25, 0.3) is 0 Å². The van der Waals surface area contributed by atoms with Gasteiger partial charge in [-0.2, -0.15) is 0 Å². The zero-order chi connectivity index (χ0) is 50.8. The summed E-state index contributed by atoms with van der Waals surface area (Å²) in [6.45, 7) is 6.95. The molecule has 9 nitrogen and oxygen atoms in total. The van der Waals surface area contributed by atoms with Crippen LogP contribution in [0.4, 0.5) is 0 Å². The molecule has 0 aliphatic heterocycles. The van der Waals surface area contributed by atoms with Gasteiger partial charge < -0.3 is 19.4 Å². The lowest BCUT2D eigenvalue weighted by Crippen LogP contribution is -2.47. The standard InChI is InChI=1S/C59H109N2O7P/c1-7-10-13-16-19-22-25-27-28-29-30-31-32-34-37-39-42-45-48-51-58(62)60-56(55-67-69(64,65)66-54-53-61(4,5)6)57(50-47-44-41-38-36-33-26-23-20-17-14-11-8-2)68-59(63)52-49-46-43-40-35-24-21-18-15-12-9-3/h19,22,27-28,30-31,34,37,47,50,56-57H,7-18,20-21,23-26,29,32-33,35-36,38-46,48-49,51-55H2,1-6H3,(H-,60,62,64,65)/p+1/b22-19-,28-27-,31-30-,37-34-,50-47+. The number of allylic oxidation sites excluding steroid dienone is 9. The molecule has 0 bridgehead atoms. The van der Waals surface area contributed by atoms with E-state index >= 15 is 0 Å². The maximum Gasteiger partial charge on any atom is 0.472 e. The van der Waals surface area contributed by atoms with Crippen LogP contribution in [0.2, 0.25) is 0 Å². The molecule has 0 aliphatic carbocycles. The third-order valence-electron chi connectivity index (χ3n) is 12.5. The van der Waals surface area contributed by atoms with Crippen molar-refractivity contribution >= 4 is 19.7 Å². The molecule has 3 atom stereocenters. The Morgan fingerprint density at radius 1 is 0.507 bits per heavy atom. The van der Waals surface area contributed by atoms with Crippen LogP contribution < -0.4 is 5.32 Å². The highest BCUT2D eigenvalue weighted by molar-refractivity contribution is 7.47. The molecule has 0 saturated heterocycles. The second kappa shape index (κ2) is 49.3. The molecule has 69 heavy (non-hydrogen) atoms. The summed E-state index contributed by atoms with van der Waals surface area (Å²) in [6, 6.07) is -0.863. The SMILES string of the molecule is CCCCC/C=C\C/C=C\C/C=C\C/C=C\CCCCCC(=O)NC(COP(=O)(O)OCC[N+](C)(C)C)C(/C=C/CCCCCCCCCCCCC)OC(=O)CCCCCCCCCCCCC. The molecular weight excluding hydrogens is 880 g/mol. The summed E-state index contributed by atoms with van der Waals surface area (Å²) in [7, 11) is 1.47. The average Bonchev–Trinajstić information content (AvgIpc) is 3.31. The first-order valence-corrected chi connectivity index (χ1v) is 30.1. The van der Waals surface area contributed by atoms with Gasteiger partial charge in [-0.1, -0.05) is 223 Å². The van der Waals surface area contributed by atoms with E-state index in [0.29, 0.717) is 23.9 Å². The van der Waals surface area contributed by atoms with Crippen LogP contribution in [0, 0.1) is 0 Å². The predicted octanol–water partition coefficient (Wildman–Crippen LogP) is 17.1. The number of hydrogen-bond donors (Lipinski definition) is 2. The molecule has 10 heteroatoms. The molecule has 0 aromatic carbocycles. The van der Waals surface area contributed by atoms with E-state index in [1.165, 1.54) is 135 Å². The normalized spacial score (nSPS) is 14.2. The number of carbonyl (C=O) groups is 2. The zero-order valence-corrected chi connectivity index (χ0v) is 46.7. The fraction of sp³-hybridized carbons (Fsp3) is 0.797. The van der Waals surface area contributed by atoms with Crippen molar-refractivity contribution in [2.24, 2.45) is 0 Å². The van der Waals surface area contributed by atoms with Gasteiger partial charge in [0.25, 0.3) is 0 Å². The number of phosphoric acid groups is 1. The van der Waals surface area contributed by atoms with Crippen molar-refractivity contribution in [3.05, 3.63) is 60.8 Å². The molecule has 0 saturated carbocycles. The summed E-state index contributed by atoms with van der Waals surface area (Å²) in [5.41, 5.74) is 0. The second-order valence-corrected chi connectivity index (χ2v) is 21.9. The van der Waals surface area contributed by atoms with Crippen molar-refractivity contribution in [3.63, 3.8) is 0 Å². The second-order valence-electron chi connectivity index (χ2n) is 20.5. The van der Waals surface area contributed by atoms with E-state index in [1.54, 1.807) is 0 Å². The summed E-state index contributed by atoms with van der Waals surface area (Å²) < 4.78 is 30.6. The summed E-state index contributed by atoms with van der Waals surface area (Å²) in [6.07, 6.45) is 60.7. The van der Waals surface area contributed by atoms with Crippen LogP contribution >= 0.6 is 7.82 Å². The number of phosphoric ester groups is 1. The Morgan fingerprint density at radius 2 is 0.884 bits per heavy atom. The van der Waals surface area contributed by atoms with Crippen LogP contribution in [-0.2, 0) is 27.9 Å². The van der Waals surface area contributed by atoms with Gasteiger partial charge in [-0.15, -0.1) is 0 Å². The van der Waals surface area contributed by atoms with Gasteiger partial charge in [-0.25, -0.2) is 4.57 Å². The number of nitrogens with one attached hydrogen (secondary N) is 1. The third-order valence-corrected chi connectivity index (χ3v) is 13.4. The van der Waals surface area contributed by atoms with Crippen LogP contribution in [0.1, 0.15) is 252 Å². The minimum absolute atomic E-state index is 0.0333. The number of unbranched alkanes of at least 4 members (excludes halogenated alkanes) is 27. The number of quaternary nitrogens is 1. The van der Waals surface area contributed by atoms with E-state index in [2.05, 4.69) is 74.7 Å². The largest absolute Gasteiger partial charge is 0.472 e. The summed E-state index contributed by atoms with van der Waals surface area (Å²) in [5.74, 6) is -0.539. The lowest BCUT2D eigenvalue weighted by molar-refractivity contribution is -0.870. The van der Waals surface area contributed by atoms with Crippen LogP contribution in [0.5, 0.6) is 0 Å². The van der Waals surface area contributed by atoms with E-state index in [1.807, 2.05) is 33.3 Å². The maximum absolute atomic E-state index is 13.5. The topological polar surface area (TPSA) is 111 Å². The first-order valence-electron chi connectivity index (χ1n) is 28.6. The number of esters is 1. The van der Waals surface area contributed by atoms with E-state index in [0.717, 1.165) is 77.0 Å². The number of nitrogens with zero attached hydrogens (tertiary/aromatic N) is 1. The Balaban J connectivity index is 5.39. The van der Waals surface area contributed by atoms with Crippen molar-refractivity contribution in [1.82, 2.24) is 5.32 Å². The average molecular weight is 991 g/mol. The Bertz CT molecular complexity index is 1370. The van der Waals surface area contributed by atoms with Gasteiger partial charge in [-0.3, -0.25) is 18.6 Å². The van der Waals surface area contributed by atoms with Crippen LogP contribution in [0.3, 0.4) is 0 Å². The molecule has 402 valence electrons. The Hall–Kier alpha value is -2.29. The fourth-order valence-electron chi connectivity index (χ4n) is 7.98. The summed E-state index contributed by atoms with van der Waals surface area (Å²) >= 11 is 0. The van der Waals surface area contributed by atoms with Gasteiger partial charge in [0.1, 0.15) is 19.3 Å². The number of ether oxygens (including phenoxy) is 1. The van der Waals surface area contributed by atoms with Crippen molar-refractivity contribution in [2.45, 2.75) is 264 Å². The lowest BCUT2D eigenvalue weighted by atomic mass is 10.0. The van der Waals surface area contributed by atoms with Gasteiger partial charge in [0.05, 0.1) is 33.8 Å². The molecule has 0 aromatic rings. The molecule has 2 N–H and O–H groups in total. The molecule has 0 spiro atoms. The Kier molecular flexibility index (Phi) is 47.7.